The molecule has 0 aromatic heterocycles. The first kappa shape index (κ1) is 33.8. The Morgan fingerprint density at radius 3 is 2.22 bits per heavy atom. The molecule has 3 heterocycles. The number of hydrogen-bond acceptors (Lipinski definition) is 6. The summed E-state index contributed by atoms with van der Waals surface area (Å²) in [7, 11) is 1.75. The van der Waals surface area contributed by atoms with E-state index in [-0.39, 0.29) is 30.9 Å². The van der Waals surface area contributed by atoms with Gasteiger partial charge in [0.1, 0.15) is 6.04 Å². The highest BCUT2D eigenvalue weighted by Gasteiger charge is 2.78. The fraction of sp³-hybridized carbons (Fsp3) is 0.486. The van der Waals surface area contributed by atoms with E-state index < -0.39 is 33.4 Å². The van der Waals surface area contributed by atoms with Crippen LogP contribution in [0.3, 0.4) is 0 Å². The smallest absolute Gasteiger partial charge is 0.251 e. The number of hydrogen-bond donors (Lipinski definition) is 1. The molecule has 5 rings (SSSR count). The standard InChI is InChI=1S/C37H48N4O4S/c1-7-22-38(6)33(43)30-31-34(44)41(29(25-42)24-26-14-12-11-13-15-26)32(37(31)21-20-36(30,5)46-37)35(45)40(23-8-2)28-18-16-27(17-19-28)39(9-3)10-4/h7-8,11-19,29-32,42H,1-2,9-10,20-25H2,3-6H3/t29-,30+,31+,32?,36-,37?/m1/s1. The molecule has 2 unspecified atom stereocenters. The monoisotopic (exact) mass is 644 g/mol. The molecule has 3 aliphatic rings. The quantitative estimate of drug-likeness (QED) is 0.298. The molecular formula is C37H48N4O4S. The van der Waals surface area contributed by atoms with Crippen LogP contribution in [0.25, 0.3) is 0 Å². The van der Waals surface area contributed by atoms with Crippen molar-refractivity contribution in [1.82, 2.24) is 9.80 Å². The Morgan fingerprint density at radius 2 is 1.63 bits per heavy atom. The van der Waals surface area contributed by atoms with Gasteiger partial charge in [-0.25, -0.2) is 0 Å². The number of likely N-dealkylation sites (N-methyl/N-ethyl adjacent to an activating group) is 1. The van der Waals surface area contributed by atoms with Crippen LogP contribution in [0.2, 0.25) is 0 Å². The number of anilines is 2. The van der Waals surface area contributed by atoms with Crippen molar-refractivity contribution in [1.29, 1.82) is 0 Å². The molecule has 0 saturated carbocycles. The van der Waals surface area contributed by atoms with Crippen LogP contribution >= 0.6 is 11.8 Å². The first-order chi connectivity index (χ1) is 22.1. The largest absolute Gasteiger partial charge is 0.394 e. The van der Waals surface area contributed by atoms with Gasteiger partial charge < -0.3 is 24.7 Å². The van der Waals surface area contributed by atoms with E-state index in [4.69, 9.17) is 0 Å². The zero-order valence-corrected chi connectivity index (χ0v) is 28.4. The van der Waals surface area contributed by atoms with Gasteiger partial charge in [-0.15, -0.1) is 24.9 Å². The van der Waals surface area contributed by atoms with Crippen LogP contribution in [0.1, 0.15) is 39.2 Å². The molecule has 0 aliphatic carbocycles. The fourth-order valence-corrected chi connectivity index (χ4v) is 10.4. The van der Waals surface area contributed by atoms with Crippen molar-refractivity contribution in [2.75, 3.05) is 49.6 Å². The number of aliphatic hydroxyl groups is 1. The average molecular weight is 645 g/mol. The van der Waals surface area contributed by atoms with Gasteiger partial charge in [0.15, 0.2) is 0 Å². The number of carbonyl (C=O) groups excluding carboxylic acids is 3. The van der Waals surface area contributed by atoms with Gasteiger partial charge in [0.25, 0.3) is 5.91 Å². The number of aliphatic hydroxyl groups excluding tert-OH is 1. The zero-order valence-electron chi connectivity index (χ0n) is 27.6. The van der Waals surface area contributed by atoms with Gasteiger partial charge in [0.2, 0.25) is 11.8 Å². The van der Waals surface area contributed by atoms with Crippen molar-refractivity contribution in [3.05, 3.63) is 85.5 Å². The first-order valence-electron chi connectivity index (χ1n) is 16.4. The maximum atomic E-state index is 15.1. The van der Waals surface area contributed by atoms with E-state index in [0.29, 0.717) is 19.4 Å². The van der Waals surface area contributed by atoms with E-state index in [1.54, 1.807) is 45.7 Å². The van der Waals surface area contributed by atoms with Crippen LogP contribution in [0.4, 0.5) is 11.4 Å². The van der Waals surface area contributed by atoms with E-state index in [1.165, 1.54) is 0 Å². The highest BCUT2D eigenvalue weighted by Crippen LogP contribution is 2.72. The van der Waals surface area contributed by atoms with Crippen molar-refractivity contribution < 1.29 is 19.5 Å². The second kappa shape index (κ2) is 13.7. The number of fused-ring (bicyclic) bond motifs is 1. The van der Waals surface area contributed by atoms with Crippen molar-refractivity contribution in [2.45, 2.75) is 61.6 Å². The van der Waals surface area contributed by atoms with Crippen LogP contribution in [-0.2, 0) is 20.8 Å². The molecule has 6 atom stereocenters. The number of carbonyl (C=O) groups is 3. The molecule has 0 radical (unpaired) electrons. The summed E-state index contributed by atoms with van der Waals surface area (Å²) >= 11 is 1.65. The highest BCUT2D eigenvalue weighted by molar-refractivity contribution is 8.02. The minimum atomic E-state index is -0.859. The van der Waals surface area contributed by atoms with Gasteiger partial charge in [-0.3, -0.25) is 14.4 Å². The minimum absolute atomic E-state index is 0.0959. The lowest BCUT2D eigenvalue weighted by atomic mass is 9.66. The third-order valence-corrected chi connectivity index (χ3v) is 12.3. The van der Waals surface area contributed by atoms with Gasteiger partial charge >= 0.3 is 0 Å². The molecule has 1 N–H and O–H groups in total. The summed E-state index contributed by atoms with van der Waals surface area (Å²) in [6.45, 7) is 16.1. The molecule has 46 heavy (non-hydrogen) atoms. The topological polar surface area (TPSA) is 84.4 Å². The van der Waals surface area contributed by atoms with E-state index in [2.05, 4.69) is 38.8 Å². The maximum Gasteiger partial charge on any atom is 0.251 e. The molecule has 2 aromatic carbocycles. The first-order valence-corrected chi connectivity index (χ1v) is 17.2. The number of likely N-dealkylation sites (tertiary alicyclic amines) is 1. The summed E-state index contributed by atoms with van der Waals surface area (Å²) in [4.78, 5) is 51.3. The van der Waals surface area contributed by atoms with E-state index in [9.17, 15) is 14.7 Å². The van der Waals surface area contributed by atoms with Gasteiger partial charge in [-0.1, -0.05) is 42.5 Å². The molecule has 3 amide bonds. The average Bonchev–Trinajstić information content (AvgIpc) is 3.64. The normalized spacial score (nSPS) is 26.8. The van der Waals surface area contributed by atoms with Crippen LogP contribution < -0.4 is 9.80 Å². The third-order valence-electron chi connectivity index (χ3n) is 10.3. The third kappa shape index (κ3) is 5.66. The number of benzene rings is 2. The van der Waals surface area contributed by atoms with Crippen molar-refractivity contribution in [3.63, 3.8) is 0 Å². The van der Waals surface area contributed by atoms with Crippen LogP contribution in [0.15, 0.2) is 79.9 Å². The Balaban J connectivity index is 1.61. The second-order valence-corrected chi connectivity index (χ2v) is 14.8. The lowest BCUT2D eigenvalue weighted by Gasteiger charge is -2.39. The van der Waals surface area contributed by atoms with E-state index in [1.807, 2.05) is 54.6 Å². The molecule has 8 nitrogen and oxygen atoms in total. The van der Waals surface area contributed by atoms with Gasteiger partial charge in [-0.2, -0.15) is 0 Å². The maximum absolute atomic E-state index is 15.1. The van der Waals surface area contributed by atoms with E-state index in [0.717, 1.165) is 36.4 Å². The summed E-state index contributed by atoms with van der Waals surface area (Å²) in [5.74, 6) is -1.78. The Bertz CT molecular complexity index is 1450. The lowest BCUT2D eigenvalue weighted by molar-refractivity contribution is -0.145. The molecule has 9 heteroatoms. The molecule has 1 spiro atoms. The Labute approximate surface area is 278 Å². The molecule has 3 aliphatic heterocycles. The van der Waals surface area contributed by atoms with Gasteiger partial charge in [-0.05, 0) is 69.9 Å². The van der Waals surface area contributed by atoms with Crippen LogP contribution in [-0.4, -0.2) is 94.0 Å². The zero-order chi connectivity index (χ0) is 33.2. The Hall–Kier alpha value is -3.56. The molecule has 2 bridgehead atoms. The summed E-state index contributed by atoms with van der Waals surface area (Å²) < 4.78 is -1.29. The minimum Gasteiger partial charge on any atom is -0.394 e. The molecular weight excluding hydrogens is 596 g/mol. The summed E-state index contributed by atoms with van der Waals surface area (Å²) in [5.41, 5.74) is 2.76. The molecule has 2 aromatic rings. The van der Waals surface area contributed by atoms with Crippen molar-refractivity contribution in [3.8, 4) is 0 Å². The Morgan fingerprint density at radius 1 is 1.00 bits per heavy atom. The summed E-state index contributed by atoms with van der Waals surface area (Å²) in [5, 5.41) is 10.8. The van der Waals surface area contributed by atoms with Crippen molar-refractivity contribution in [2.24, 2.45) is 11.8 Å². The SMILES string of the molecule is C=CCN(C)C(=O)[C@@H]1[C@H]2C(=O)N([C@@H](CO)Cc3ccccc3)C(C(=O)N(CC=C)c3ccc(N(CC)CC)cc3)C23CC[C@@]1(C)S3. The molecule has 246 valence electrons. The summed E-state index contributed by atoms with van der Waals surface area (Å²) in [6.07, 6.45) is 5.15. The Kier molecular flexibility index (Phi) is 10.0. The highest BCUT2D eigenvalue weighted by atomic mass is 32.2. The predicted molar refractivity (Wildman–Crippen MR) is 187 cm³/mol. The summed E-state index contributed by atoms with van der Waals surface area (Å²) in [6, 6.07) is 16.2. The lowest BCUT2D eigenvalue weighted by Crippen LogP contribution is -2.58. The van der Waals surface area contributed by atoms with Crippen LogP contribution in [0.5, 0.6) is 0 Å². The molecule has 3 saturated heterocycles. The second-order valence-electron chi connectivity index (χ2n) is 12.9. The number of amides is 3. The number of nitrogens with zero attached hydrogens (tertiary/aromatic N) is 4. The number of rotatable bonds is 14. The predicted octanol–water partition coefficient (Wildman–Crippen LogP) is 4.78. The molecule has 3 fully saturated rings. The van der Waals surface area contributed by atoms with E-state index >= 15 is 4.79 Å². The van der Waals surface area contributed by atoms with Gasteiger partial charge in [0.05, 0.1) is 29.2 Å². The van der Waals surface area contributed by atoms with Crippen molar-refractivity contribution >= 4 is 40.9 Å². The van der Waals surface area contributed by atoms with Crippen LogP contribution in [0, 0.1) is 11.8 Å². The van der Waals surface area contributed by atoms with Gasteiger partial charge in [0, 0.05) is 49.3 Å². The number of thioether (sulfide) groups is 1. The fourth-order valence-electron chi connectivity index (χ4n) is 8.10.